The highest BCUT2D eigenvalue weighted by molar-refractivity contribution is 6.00. The van der Waals surface area contributed by atoms with E-state index in [1.807, 2.05) is 53.1 Å². The molecule has 0 bridgehead atoms. The summed E-state index contributed by atoms with van der Waals surface area (Å²) in [5.41, 5.74) is 2.22. The second kappa shape index (κ2) is 13.5. The Morgan fingerprint density at radius 1 is 0.600 bits per heavy atom. The quantitative estimate of drug-likeness (QED) is 0.296. The summed E-state index contributed by atoms with van der Waals surface area (Å²) in [7, 11) is 0. The summed E-state index contributed by atoms with van der Waals surface area (Å²) < 4.78 is 1.13. The molecule has 4 saturated heterocycles. The van der Waals surface area contributed by atoms with Crippen molar-refractivity contribution in [2.24, 2.45) is 0 Å². The van der Waals surface area contributed by atoms with Crippen LogP contribution in [0.15, 0.2) is 60.7 Å². The lowest BCUT2D eigenvalue weighted by atomic mass is 10.1. The topological polar surface area (TPSA) is 105 Å². The highest BCUT2D eigenvalue weighted by Gasteiger charge is 2.44. The Kier molecular flexibility index (Phi) is 9.41. The molecule has 4 heterocycles. The molecule has 2 aromatic rings. The maximum Gasteiger partial charge on any atom is 0.247 e. The maximum atomic E-state index is 13.4. The predicted molar refractivity (Wildman–Crippen MR) is 173 cm³/mol. The van der Waals surface area contributed by atoms with E-state index >= 15 is 0 Å². The minimum Gasteiger partial charge on any atom is -0.306 e. The Bertz CT molecular complexity index is 1340. The number of hydrogen-bond donors (Lipinski definition) is 2. The van der Waals surface area contributed by atoms with Crippen LogP contribution in [0.1, 0.15) is 6.92 Å². The van der Waals surface area contributed by atoms with Gasteiger partial charge in [-0.1, -0.05) is 36.4 Å². The molecule has 0 radical (unpaired) electrons. The summed E-state index contributed by atoms with van der Waals surface area (Å²) in [6, 6.07) is 20.1. The lowest BCUT2D eigenvalue weighted by Gasteiger charge is -2.46. The van der Waals surface area contributed by atoms with Crippen LogP contribution < -0.4 is 19.6 Å². The van der Waals surface area contributed by atoms with E-state index < -0.39 is 0 Å². The Balaban J connectivity index is 1.07. The molecule has 240 valence electrons. The van der Waals surface area contributed by atoms with Crippen LogP contribution >= 0.6 is 0 Å². The van der Waals surface area contributed by atoms with Gasteiger partial charge in [-0.15, -0.1) is 0 Å². The smallest absolute Gasteiger partial charge is 0.247 e. The third-order valence-corrected chi connectivity index (χ3v) is 10.0. The predicted octanol–water partition coefficient (Wildman–Crippen LogP) is -0.147. The van der Waals surface area contributed by atoms with E-state index in [2.05, 4.69) is 34.9 Å². The molecule has 4 aliphatic heterocycles. The molecule has 2 aromatic carbocycles. The van der Waals surface area contributed by atoms with Gasteiger partial charge < -0.3 is 10.6 Å². The number of nitrogens with zero attached hydrogens (tertiary/aromatic N) is 6. The van der Waals surface area contributed by atoms with Gasteiger partial charge in [-0.05, 0) is 31.2 Å². The molecule has 0 aromatic heterocycles. The van der Waals surface area contributed by atoms with Gasteiger partial charge in [-0.25, -0.2) is 9.80 Å². The van der Waals surface area contributed by atoms with Crippen LogP contribution in [0.5, 0.6) is 0 Å². The van der Waals surface area contributed by atoms with Crippen molar-refractivity contribution in [3.8, 4) is 0 Å². The summed E-state index contributed by atoms with van der Waals surface area (Å²) >= 11 is 0. The van der Waals surface area contributed by atoms with Crippen LogP contribution in [0.3, 0.4) is 0 Å². The van der Waals surface area contributed by atoms with Gasteiger partial charge in [0, 0.05) is 38.8 Å². The molecule has 12 heteroatoms. The molecule has 1 unspecified atom stereocenters. The number of piperazine rings is 4. The minimum absolute atomic E-state index is 0.132. The van der Waals surface area contributed by atoms with Gasteiger partial charge in [0.15, 0.2) is 13.3 Å². The molecule has 1 atom stereocenters. The largest absolute Gasteiger partial charge is 0.306 e. The number of rotatable bonds is 9. The normalized spacial score (nSPS) is 23.8. The van der Waals surface area contributed by atoms with Gasteiger partial charge in [-0.3, -0.25) is 37.9 Å². The molecule has 4 fully saturated rings. The monoisotopic (exact) mass is 618 g/mol. The zero-order valence-corrected chi connectivity index (χ0v) is 26.3. The van der Waals surface area contributed by atoms with E-state index in [0.29, 0.717) is 28.8 Å². The van der Waals surface area contributed by atoms with E-state index in [1.165, 1.54) is 9.80 Å². The number of hydrogen-bond acceptors (Lipinski definition) is 8. The SMILES string of the molecule is CC(CN1CC(=O)N(C[N+]2(c3ccccc3)CCNCC2)C(=O)C1)N1CC(=O)N(C[N+]2(c3ccccc3)CCNCC2)C(=O)C1. The second-order valence-corrected chi connectivity index (χ2v) is 13.0. The molecule has 6 rings (SSSR count). The van der Waals surface area contributed by atoms with Crippen LogP contribution in [0, 0.1) is 0 Å². The van der Waals surface area contributed by atoms with Gasteiger partial charge >= 0.3 is 0 Å². The molecule has 0 aliphatic carbocycles. The molecule has 2 N–H and O–H groups in total. The number of nitrogens with one attached hydrogen (secondary N) is 2. The fourth-order valence-corrected chi connectivity index (χ4v) is 7.35. The van der Waals surface area contributed by atoms with Crippen LogP contribution in [0.4, 0.5) is 11.4 Å². The van der Waals surface area contributed by atoms with E-state index in [9.17, 15) is 19.2 Å². The van der Waals surface area contributed by atoms with E-state index in [1.54, 1.807) is 0 Å². The molecule has 4 aliphatic rings. The van der Waals surface area contributed by atoms with Gasteiger partial charge in [0.25, 0.3) is 0 Å². The molecule has 45 heavy (non-hydrogen) atoms. The first kappa shape index (κ1) is 31.5. The van der Waals surface area contributed by atoms with Crippen molar-refractivity contribution in [3.05, 3.63) is 60.7 Å². The Hall–Kier alpha value is -3.52. The van der Waals surface area contributed by atoms with Crippen molar-refractivity contribution in [1.29, 1.82) is 0 Å². The first-order valence-corrected chi connectivity index (χ1v) is 16.2. The molecular formula is C33H46N8O4+2. The van der Waals surface area contributed by atoms with Gasteiger partial charge in [0.2, 0.25) is 23.6 Å². The number of carbonyl (C=O) groups is 4. The summed E-state index contributed by atoms with van der Waals surface area (Å²) in [6.45, 7) is 10.1. The third kappa shape index (κ3) is 6.71. The van der Waals surface area contributed by atoms with Crippen molar-refractivity contribution in [2.45, 2.75) is 13.0 Å². The summed E-state index contributed by atoms with van der Waals surface area (Å²) in [5, 5.41) is 6.79. The number of amides is 4. The van der Waals surface area contributed by atoms with Gasteiger partial charge in [0.1, 0.15) is 11.4 Å². The minimum atomic E-state index is -0.201. The van der Waals surface area contributed by atoms with E-state index in [4.69, 9.17) is 0 Å². The van der Waals surface area contributed by atoms with Crippen LogP contribution in [-0.2, 0) is 19.2 Å². The Morgan fingerprint density at radius 2 is 0.978 bits per heavy atom. The fourth-order valence-electron chi connectivity index (χ4n) is 7.35. The van der Waals surface area contributed by atoms with Crippen molar-refractivity contribution in [2.75, 3.05) is 98.4 Å². The zero-order valence-electron chi connectivity index (χ0n) is 26.3. The van der Waals surface area contributed by atoms with Crippen LogP contribution in [0.2, 0.25) is 0 Å². The first-order chi connectivity index (χ1) is 21.8. The average molecular weight is 619 g/mol. The number of benzene rings is 2. The zero-order chi connectivity index (χ0) is 31.4. The highest BCUT2D eigenvalue weighted by atomic mass is 16.2. The Morgan fingerprint density at radius 3 is 1.38 bits per heavy atom. The average Bonchev–Trinajstić information content (AvgIpc) is 3.06. The number of carbonyl (C=O) groups excluding carboxylic acids is 4. The van der Waals surface area contributed by atoms with E-state index in [0.717, 1.165) is 63.7 Å². The molecule has 0 saturated carbocycles. The van der Waals surface area contributed by atoms with Gasteiger partial charge in [0.05, 0.1) is 52.4 Å². The standard InChI is InChI=1S/C33H46N8O4/c1-27(37-23-32(44)39(33(45)24-37)26-41(18-14-35-15-19-41)29-10-6-3-7-11-29)20-36-21-30(42)38(31(43)22-36)25-40(16-12-34-13-17-40)28-8-4-2-5-9-28/h2-11,27,34-35H,12-26H2,1H3/q+2. The second-order valence-electron chi connectivity index (χ2n) is 13.0. The fraction of sp³-hybridized carbons (Fsp3) is 0.515. The Labute approximate surface area is 265 Å². The van der Waals surface area contributed by atoms with Crippen molar-refractivity contribution < 1.29 is 19.2 Å². The number of para-hydroxylation sites is 2. The number of quaternary nitrogens is 2. The summed E-state index contributed by atoms with van der Waals surface area (Å²) in [4.78, 5) is 60.3. The summed E-state index contributed by atoms with van der Waals surface area (Å²) in [6.07, 6.45) is 0. The summed E-state index contributed by atoms with van der Waals surface area (Å²) in [5.74, 6) is -0.803. The molecule has 0 spiro atoms. The number of imide groups is 2. The molecule has 4 amide bonds. The van der Waals surface area contributed by atoms with Crippen molar-refractivity contribution in [3.63, 3.8) is 0 Å². The van der Waals surface area contributed by atoms with Crippen LogP contribution in [-0.4, -0.2) is 148 Å². The van der Waals surface area contributed by atoms with Crippen molar-refractivity contribution in [1.82, 2.24) is 39.2 Å². The first-order valence-electron chi connectivity index (χ1n) is 16.2. The lowest BCUT2D eigenvalue weighted by Crippen LogP contribution is -2.68. The molecular weight excluding hydrogens is 572 g/mol. The lowest BCUT2D eigenvalue weighted by molar-refractivity contribution is -0.158. The van der Waals surface area contributed by atoms with Crippen molar-refractivity contribution >= 4 is 35.0 Å². The maximum absolute atomic E-state index is 13.4. The highest BCUT2D eigenvalue weighted by Crippen LogP contribution is 2.27. The third-order valence-electron chi connectivity index (χ3n) is 10.0. The molecule has 12 nitrogen and oxygen atoms in total. The van der Waals surface area contributed by atoms with Crippen LogP contribution in [0.25, 0.3) is 0 Å². The van der Waals surface area contributed by atoms with E-state index in [-0.39, 0.29) is 55.8 Å². The van der Waals surface area contributed by atoms with Gasteiger partial charge in [-0.2, -0.15) is 0 Å².